The molecule has 2 rings (SSSR count). The Bertz CT molecular complexity index is 480. The van der Waals surface area contributed by atoms with E-state index in [1.165, 1.54) is 0 Å². The average molecular weight is 227 g/mol. The summed E-state index contributed by atoms with van der Waals surface area (Å²) >= 11 is 0. The van der Waals surface area contributed by atoms with Gasteiger partial charge in [-0.2, -0.15) is 0 Å². The van der Waals surface area contributed by atoms with Crippen LogP contribution in [-0.2, 0) is 0 Å². The molecular weight excluding hydrogens is 210 g/mol. The van der Waals surface area contributed by atoms with Crippen LogP contribution in [0.5, 0.6) is 0 Å². The van der Waals surface area contributed by atoms with E-state index in [9.17, 15) is 0 Å². The summed E-state index contributed by atoms with van der Waals surface area (Å²) in [4.78, 5) is 6.56. The summed E-state index contributed by atoms with van der Waals surface area (Å²) < 4.78 is 0. The van der Waals surface area contributed by atoms with E-state index < -0.39 is 0 Å². The van der Waals surface area contributed by atoms with Crippen molar-refractivity contribution in [2.24, 2.45) is 0 Å². The van der Waals surface area contributed by atoms with E-state index in [1.807, 2.05) is 56.7 Å². The Labute approximate surface area is 102 Å². The number of pyridine rings is 1. The first-order chi connectivity index (χ1) is 8.18. The number of rotatable bonds is 3. The minimum absolute atomic E-state index is 0.139. The maximum Gasteiger partial charge on any atom is 0.0772 e. The summed E-state index contributed by atoms with van der Waals surface area (Å²) in [7, 11) is 4.09. The van der Waals surface area contributed by atoms with Crippen molar-refractivity contribution in [2.75, 3.05) is 19.8 Å². The second-order valence-corrected chi connectivity index (χ2v) is 4.29. The lowest BCUT2D eigenvalue weighted by atomic mass is 10.0. The Kier molecular flexibility index (Phi) is 3.40. The molecule has 3 heteroatoms. The highest BCUT2D eigenvalue weighted by molar-refractivity contribution is 5.43. The second-order valence-electron chi connectivity index (χ2n) is 4.29. The maximum atomic E-state index is 5.84. The number of aromatic nitrogens is 1. The molecule has 1 aromatic heterocycles. The molecule has 1 unspecified atom stereocenters. The monoisotopic (exact) mass is 227 g/mol. The van der Waals surface area contributed by atoms with Crippen LogP contribution in [0, 0.1) is 0 Å². The van der Waals surface area contributed by atoms with E-state index in [4.69, 9.17) is 5.73 Å². The first kappa shape index (κ1) is 11.6. The lowest BCUT2D eigenvalue weighted by molar-refractivity contribution is 0.336. The molecule has 2 aromatic rings. The smallest absolute Gasteiger partial charge is 0.0772 e. The van der Waals surface area contributed by atoms with E-state index in [2.05, 4.69) is 16.0 Å². The standard InChI is InChI=1S/C14H17N3/c1-17(2)14(13-8-3-4-9-16-13)11-6-5-7-12(15)10-11/h3-10,14H,15H2,1-2H3. The topological polar surface area (TPSA) is 42.1 Å². The Hall–Kier alpha value is -1.87. The predicted molar refractivity (Wildman–Crippen MR) is 70.6 cm³/mol. The first-order valence-electron chi connectivity index (χ1n) is 5.61. The molecule has 2 N–H and O–H groups in total. The van der Waals surface area contributed by atoms with Gasteiger partial charge in [-0.3, -0.25) is 9.88 Å². The Morgan fingerprint density at radius 1 is 1.12 bits per heavy atom. The van der Waals surface area contributed by atoms with Crippen LogP contribution in [0.4, 0.5) is 5.69 Å². The van der Waals surface area contributed by atoms with E-state index in [0.29, 0.717) is 0 Å². The number of hydrogen-bond donors (Lipinski definition) is 1. The van der Waals surface area contributed by atoms with E-state index in [0.717, 1.165) is 16.9 Å². The van der Waals surface area contributed by atoms with Crippen molar-refractivity contribution in [3.63, 3.8) is 0 Å². The van der Waals surface area contributed by atoms with E-state index >= 15 is 0 Å². The van der Waals surface area contributed by atoms with Gasteiger partial charge in [-0.1, -0.05) is 18.2 Å². The average Bonchev–Trinajstić information content (AvgIpc) is 2.30. The summed E-state index contributed by atoms with van der Waals surface area (Å²) in [5.74, 6) is 0. The molecule has 1 aromatic carbocycles. The summed E-state index contributed by atoms with van der Waals surface area (Å²) in [5, 5.41) is 0. The quantitative estimate of drug-likeness (QED) is 0.818. The third kappa shape index (κ3) is 2.63. The van der Waals surface area contributed by atoms with Crippen LogP contribution in [0.2, 0.25) is 0 Å². The molecule has 1 atom stereocenters. The lowest BCUT2D eigenvalue weighted by Crippen LogP contribution is -2.22. The van der Waals surface area contributed by atoms with Crippen molar-refractivity contribution in [1.82, 2.24) is 9.88 Å². The van der Waals surface area contributed by atoms with Gasteiger partial charge < -0.3 is 5.73 Å². The number of nitrogen functional groups attached to an aromatic ring is 1. The van der Waals surface area contributed by atoms with Gasteiger partial charge in [-0.05, 0) is 43.9 Å². The minimum atomic E-state index is 0.139. The molecule has 0 aliphatic carbocycles. The van der Waals surface area contributed by atoms with Gasteiger partial charge in [0.15, 0.2) is 0 Å². The lowest BCUT2D eigenvalue weighted by Gasteiger charge is -2.24. The van der Waals surface area contributed by atoms with E-state index in [1.54, 1.807) is 0 Å². The zero-order valence-corrected chi connectivity index (χ0v) is 10.2. The van der Waals surface area contributed by atoms with Gasteiger partial charge in [0.05, 0.1) is 11.7 Å². The molecule has 0 radical (unpaired) electrons. The third-order valence-electron chi connectivity index (χ3n) is 2.71. The highest BCUT2D eigenvalue weighted by atomic mass is 15.1. The van der Waals surface area contributed by atoms with Crippen LogP contribution in [0.25, 0.3) is 0 Å². The normalized spacial score (nSPS) is 12.6. The van der Waals surface area contributed by atoms with Gasteiger partial charge in [-0.25, -0.2) is 0 Å². The summed E-state index contributed by atoms with van der Waals surface area (Å²) in [5.41, 5.74) is 8.81. The Balaban J connectivity index is 2.43. The van der Waals surface area contributed by atoms with Gasteiger partial charge in [0.1, 0.15) is 0 Å². The van der Waals surface area contributed by atoms with Crippen molar-refractivity contribution >= 4 is 5.69 Å². The third-order valence-corrected chi connectivity index (χ3v) is 2.71. The van der Waals surface area contributed by atoms with Gasteiger partial charge in [-0.15, -0.1) is 0 Å². The van der Waals surface area contributed by atoms with Gasteiger partial charge in [0.25, 0.3) is 0 Å². The van der Waals surface area contributed by atoms with Crippen molar-refractivity contribution in [3.05, 3.63) is 59.9 Å². The second kappa shape index (κ2) is 4.97. The Morgan fingerprint density at radius 3 is 2.53 bits per heavy atom. The Morgan fingerprint density at radius 2 is 1.94 bits per heavy atom. The number of hydrogen-bond acceptors (Lipinski definition) is 3. The first-order valence-corrected chi connectivity index (χ1v) is 5.61. The number of benzene rings is 1. The van der Waals surface area contributed by atoms with Crippen LogP contribution in [0.1, 0.15) is 17.3 Å². The summed E-state index contributed by atoms with van der Waals surface area (Å²) in [6.07, 6.45) is 1.82. The number of anilines is 1. The molecule has 0 spiro atoms. The molecule has 0 bridgehead atoms. The van der Waals surface area contributed by atoms with Crippen molar-refractivity contribution in [3.8, 4) is 0 Å². The fraction of sp³-hybridized carbons (Fsp3) is 0.214. The molecule has 17 heavy (non-hydrogen) atoms. The molecule has 0 aliphatic heterocycles. The van der Waals surface area contributed by atoms with Crippen molar-refractivity contribution in [2.45, 2.75) is 6.04 Å². The van der Waals surface area contributed by atoms with Crippen molar-refractivity contribution < 1.29 is 0 Å². The minimum Gasteiger partial charge on any atom is -0.399 e. The van der Waals surface area contributed by atoms with Crippen LogP contribution < -0.4 is 5.73 Å². The molecule has 0 amide bonds. The molecule has 0 saturated heterocycles. The maximum absolute atomic E-state index is 5.84. The van der Waals surface area contributed by atoms with Crippen LogP contribution >= 0.6 is 0 Å². The molecule has 1 heterocycles. The fourth-order valence-corrected chi connectivity index (χ4v) is 2.00. The molecule has 3 nitrogen and oxygen atoms in total. The largest absolute Gasteiger partial charge is 0.399 e. The molecular formula is C14H17N3. The van der Waals surface area contributed by atoms with Gasteiger partial charge in [0, 0.05) is 11.9 Å². The predicted octanol–water partition coefficient (Wildman–Crippen LogP) is 2.31. The summed E-state index contributed by atoms with van der Waals surface area (Å²) in [6.45, 7) is 0. The SMILES string of the molecule is CN(C)C(c1cccc(N)c1)c1ccccn1. The van der Waals surface area contributed by atoms with Crippen molar-refractivity contribution in [1.29, 1.82) is 0 Å². The molecule has 0 aliphatic rings. The molecule has 0 saturated carbocycles. The zero-order valence-electron chi connectivity index (χ0n) is 10.2. The molecule has 0 fully saturated rings. The van der Waals surface area contributed by atoms with E-state index in [-0.39, 0.29) is 6.04 Å². The van der Waals surface area contributed by atoms with Gasteiger partial charge >= 0.3 is 0 Å². The summed E-state index contributed by atoms with van der Waals surface area (Å²) in [6, 6.07) is 14.1. The van der Waals surface area contributed by atoms with Crippen LogP contribution in [0.15, 0.2) is 48.7 Å². The van der Waals surface area contributed by atoms with Gasteiger partial charge in [0.2, 0.25) is 0 Å². The fourth-order valence-electron chi connectivity index (χ4n) is 2.00. The highest BCUT2D eigenvalue weighted by Gasteiger charge is 2.17. The molecule has 88 valence electrons. The van der Waals surface area contributed by atoms with Crippen LogP contribution in [0.3, 0.4) is 0 Å². The highest BCUT2D eigenvalue weighted by Crippen LogP contribution is 2.25. The number of nitrogens with two attached hydrogens (primary N) is 1. The number of nitrogens with zero attached hydrogens (tertiary/aromatic N) is 2. The zero-order chi connectivity index (χ0) is 12.3. The van der Waals surface area contributed by atoms with Crippen LogP contribution in [-0.4, -0.2) is 24.0 Å².